The first kappa shape index (κ1) is 22.2. The van der Waals surface area contributed by atoms with Crippen LogP contribution >= 0.6 is 11.9 Å². The van der Waals surface area contributed by atoms with Crippen LogP contribution in [-0.2, 0) is 11.3 Å². The topological polar surface area (TPSA) is 73.2 Å². The Morgan fingerprint density at radius 3 is 2.44 bits per heavy atom. The van der Waals surface area contributed by atoms with Crippen molar-refractivity contribution in [3.05, 3.63) is 101 Å². The molecule has 2 fully saturated rings. The smallest absolute Gasteiger partial charge is 0.261 e. The molecule has 2 unspecified atom stereocenters. The molecule has 34 heavy (non-hydrogen) atoms. The first-order valence-corrected chi connectivity index (χ1v) is 12.4. The van der Waals surface area contributed by atoms with Crippen LogP contribution in [0.4, 0.5) is 5.69 Å². The Morgan fingerprint density at radius 2 is 1.76 bits per heavy atom. The quantitative estimate of drug-likeness (QED) is 0.332. The van der Waals surface area contributed by atoms with Crippen LogP contribution < -0.4 is 9.62 Å². The number of rotatable bonds is 9. The number of hydrogen-bond donors (Lipinski definition) is 1. The van der Waals surface area contributed by atoms with Gasteiger partial charge in [-0.15, -0.1) is 0 Å². The third-order valence-electron chi connectivity index (χ3n) is 6.44. The van der Waals surface area contributed by atoms with E-state index in [-0.39, 0.29) is 5.91 Å². The zero-order chi connectivity index (χ0) is 23.5. The normalized spacial score (nSPS) is 18.6. The fourth-order valence-electron chi connectivity index (χ4n) is 4.29. The number of carbonyl (C=O) groups is 2. The second kappa shape index (κ2) is 9.74. The molecule has 0 aromatic heterocycles. The molecule has 0 spiro atoms. The lowest BCUT2D eigenvalue weighted by Gasteiger charge is -2.21. The molecule has 2 aliphatic rings. The monoisotopic (exact) mass is 467 g/mol. The molecule has 3 aromatic carbocycles. The fourth-order valence-corrected chi connectivity index (χ4v) is 5.06. The summed E-state index contributed by atoms with van der Waals surface area (Å²) in [6.07, 6.45) is 4.24. The largest absolute Gasteiger partial charge is 0.310 e. The van der Waals surface area contributed by atoms with Gasteiger partial charge in [0.1, 0.15) is 0 Å². The molecule has 2 amide bonds. The van der Waals surface area contributed by atoms with Gasteiger partial charge in [-0.1, -0.05) is 42.5 Å². The van der Waals surface area contributed by atoms with Gasteiger partial charge in [0.2, 0.25) is 6.41 Å². The molecule has 0 heterocycles. The van der Waals surface area contributed by atoms with Crippen molar-refractivity contribution in [2.24, 2.45) is 0 Å². The Bertz CT molecular complexity index is 1230. The van der Waals surface area contributed by atoms with Crippen LogP contribution in [0.15, 0.2) is 72.8 Å². The summed E-state index contributed by atoms with van der Waals surface area (Å²) >= 11 is 1.50. The fraction of sp³-hybridized carbons (Fsp3) is 0.250. The van der Waals surface area contributed by atoms with Crippen LogP contribution in [0.25, 0.3) is 0 Å². The molecular weight excluding hydrogens is 442 g/mol. The van der Waals surface area contributed by atoms with Crippen LogP contribution in [-0.4, -0.2) is 17.6 Å². The summed E-state index contributed by atoms with van der Waals surface area (Å²) in [5.41, 5.74) is 5.56. The minimum Gasteiger partial charge on any atom is -0.310 e. The number of anilines is 1. The minimum absolute atomic E-state index is 0.0800. The molecule has 6 heteroatoms. The number of nitrogens with zero attached hydrogens (tertiary/aromatic N) is 2. The van der Waals surface area contributed by atoms with Gasteiger partial charge in [0.15, 0.2) is 0 Å². The summed E-state index contributed by atoms with van der Waals surface area (Å²) in [7, 11) is 0. The van der Waals surface area contributed by atoms with Crippen LogP contribution in [0, 0.1) is 11.3 Å². The maximum absolute atomic E-state index is 12.3. The molecule has 3 aromatic rings. The van der Waals surface area contributed by atoms with Gasteiger partial charge in [-0.05, 0) is 90.1 Å². The predicted molar refractivity (Wildman–Crippen MR) is 134 cm³/mol. The van der Waals surface area contributed by atoms with Crippen LogP contribution in [0.2, 0.25) is 0 Å². The van der Waals surface area contributed by atoms with Crippen LogP contribution in [0.3, 0.4) is 0 Å². The van der Waals surface area contributed by atoms with E-state index in [4.69, 9.17) is 5.26 Å². The van der Waals surface area contributed by atoms with E-state index in [1.807, 2.05) is 66.7 Å². The summed E-state index contributed by atoms with van der Waals surface area (Å²) in [6, 6.07) is 25.5. The average molecular weight is 468 g/mol. The lowest BCUT2D eigenvalue weighted by Crippen LogP contribution is -2.22. The summed E-state index contributed by atoms with van der Waals surface area (Å²) in [4.78, 5) is 26.1. The van der Waals surface area contributed by atoms with Crippen molar-refractivity contribution in [1.82, 2.24) is 4.72 Å². The standard InChI is InChI=1S/C28H25N3O2S/c29-16-19-5-9-21(10-6-19)25-15-26(25)24-3-1-2-4-27(24)31(18-32)17-20-7-11-22(12-8-20)28(33)30-34-23-13-14-23/h1-12,18,23,25-26H,13-15,17H2,(H,30,33). The summed E-state index contributed by atoms with van der Waals surface area (Å²) in [6.45, 7) is 0.438. The van der Waals surface area contributed by atoms with Gasteiger partial charge in [0.25, 0.3) is 5.91 Å². The first-order valence-electron chi connectivity index (χ1n) is 11.5. The van der Waals surface area contributed by atoms with Crippen molar-refractivity contribution in [2.45, 2.75) is 42.9 Å². The third kappa shape index (κ3) is 5.00. The molecule has 2 aliphatic carbocycles. The zero-order valence-electron chi connectivity index (χ0n) is 18.7. The summed E-state index contributed by atoms with van der Waals surface area (Å²) in [5, 5.41) is 9.60. The van der Waals surface area contributed by atoms with E-state index in [0.717, 1.165) is 29.6 Å². The molecule has 2 saturated carbocycles. The Balaban J connectivity index is 1.28. The maximum Gasteiger partial charge on any atom is 0.261 e. The summed E-state index contributed by atoms with van der Waals surface area (Å²) < 4.78 is 2.90. The van der Waals surface area contributed by atoms with Gasteiger partial charge in [-0.3, -0.25) is 14.3 Å². The van der Waals surface area contributed by atoms with Crippen molar-refractivity contribution < 1.29 is 9.59 Å². The minimum atomic E-state index is -0.0800. The van der Waals surface area contributed by atoms with E-state index in [9.17, 15) is 9.59 Å². The van der Waals surface area contributed by atoms with E-state index in [1.165, 1.54) is 30.4 Å². The third-order valence-corrected chi connectivity index (χ3v) is 7.55. The lowest BCUT2D eigenvalue weighted by atomic mass is 10.0. The number of nitrogens with one attached hydrogen (secondary N) is 1. The number of amides is 2. The summed E-state index contributed by atoms with van der Waals surface area (Å²) in [5.74, 6) is 0.666. The predicted octanol–water partition coefficient (Wildman–Crippen LogP) is 5.53. The number of hydrogen-bond acceptors (Lipinski definition) is 4. The van der Waals surface area contributed by atoms with Gasteiger partial charge in [-0.25, -0.2) is 0 Å². The van der Waals surface area contributed by atoms with E-state index in [1.54, 1.807) is 4.90 Å². The zero-order valence-corrected chi connectivity index (χ0v) is 19.5. The number of nitriles is 1. The van der Waals surface area contributed by atoms with Gasteiger partial charge in [0, 0.05) is 16.5 Å². The highest BCUT2D eigenvalue weighted by molar-refractivity contribution is 7.98. The van der Waals surface area contributed by atoms with E-state index in [0.29, 0.717) is 34.8 Å². The highest BCUT2D eigenvalue weighted by Gasteiger charge is 2.41. The van der Waals surface area contributed by atoms with Crippen LogP contribution in [0.1, 0.15) is 63.7 Å². The van der Waals surface area contributed by atoms with Crippen molar-refractivity contribution in [3.8, 4) is 6.07 Å². The average Bonchev–Trinajstić information content (AvgIpc) is 3.81. The second-order valence-corrected chi connectivity index (χ2v) is 10.0. The molecule has 2 atom stereocenters. The van der Waals surface area contributed by atoms with Crippen molar-refractivity contribution in [2.75, 3.05) is 4.90 Å². The SMILES string of the molecule is N#Cc1ccc(C2CC2c2ccccc2N(C=O)Cc2ccc(C(=O)NSC3CC3)cc2)cc1. The van der Waals surface area contributed by atoms with Gasteiger partial charge < -0.3 is 4.90 Å². The van der Waals surface area contributed by atoms with E-state index >= 15 is 0 Å². The molecule has 5 nitrogen and oxygen atoms in total. The Kier molecular flexibility index (Phi) is 6.37. The van der Waals surface area contributed by atoms with Gasteiger partial charge in [0.05, 0.1) is 18.2 Å². The van der Waals surface area contributed by atoms with Crippen molar-refractivity contribution in [1.29, 1.82) is 5.26 Å². The number of benzene rings is 3. The van der Waals surface area contributed by atoms with Crippen molar-refractivity contribution >= 4 is 30.0 Å². The number of para-hydroxylation sites is 1. The molecular formula is C28H25N3O2S. The van der Waals surface area contributed by atoms with E-state index in [2.05, 4.69) is 16.9 Å². The lowest BCUT2D eigenvalue weighted by molar-refractivity contribution is -0.107. The second-order valence-electron chi connectivity index (χ2n) is 8.92. The van der Waals surface area contributed by atoms with Gasteiger partial charge >= 0.3 is 0 Å². The molecule has 0 radical (unpaired) electrons. The van der Waals surface area contributed by atoms with Crippen molar-refractivity contribution in [3.63, 3.8) is 0 Å². The Hall–Kier alpha value is -3.56. The Morgan fingerprint density at radius 1 is 1.03 bits per heavy atom. The maximum atomic E-state index is 12.3. The highest BCUT2D eigenvalue weighted by atomic mass is 32.2. The molecule has 0 bridgehead atoms. The molecule has 0 aliphatic heterocycles. The highest BCUT2D eigenvalue weighted by Crippen LogP contribution is 2.56. The molecule has 1 N–H and O–H groups in total. The number of carbonyl (C=O) groups excluding carboxylic acids is 2. The first-order chi connectivity index (χ1) is 16.7. The van der Waals surface area contributed by atoms with Gasteiger partial charge in [-0.2, -0.15) is 5.26 Å². The molecule has 170 valence electrons. The molecule has 0 saturated heterocycles. The van der Waals surface area contributed by atoms with Crippen LogP contribution in [0.5, 0.6) is 0 Å². The van der Waals surface area contributed by atoms with E-state index < -0.39 is 0 Å². The molecule has 5 rings (SSSR count). The Labute approximate surface area is 203 Å².